The molecule has 2 N–H and O–H groups in total. The van der Waals surface area contributed by atoms with Crippen molar-refractivity contribution < 1.29 is 9.15 Å². The lowest BCUT2D eigenvalue weighted by Gasteiger charge is -2.18. The normalized spacial score (nSPS) is 10.5. The first kappa shape index (κ1) is 13.5. The molecule has 1 aromatic carbocycles. The molecular formula is C15H20N2O2. The van der Waals surface area contributed by atoms with Gasteiger partial charge in [0.2, 0.25) is 0 Å². The third-order valence-electron chi connectivity index (χ3n) is 3.20. The van der Waals surface area contributed by atoms with Crippen molar-refractivity contribution in [3.63, 3.8) is 0 Å². The molecule has 0 aliphatic heterocycles. The molecule has 0 aliphatic rings. The maximum atomic E-state index is 5.70. The summed E-state index contributed by atoms with van der Waals surface area (Å²) in [6.45, 7) is 3.17. The lowest BCUT2D eigenvalue weighted by Crippen LogP contribution is -2.15. The third kappa shape index (κ3) is 3.09. The molecule has 0 spiro atoms. The minimum atomic E-state index is 0.515. The van der Waals surface area contributed by atoms with Crippen LogP contribution in [-0.4, -0.2) is 14.2 Å². The number of benzene rings is 1. The van der Waals surface area contributed by atoms with Crippen LogP contribution in [0.25, 0.3) is 0 Å². The molecule has 0 fully saturated rings. The third-order valence-corrected chi connectivity index (χ3v) is 3.20. The minimum absolute atomic E-state index is 0.515. The number of hydrogen-bond acceptors (Lipinski definition) is 4. The molecular weight excluding hydrogens is 240 g/mol. The van der Waals surface area contributed by atoms with Gasteiger partial charge in [-0.15, -0.1) is 0 Å². The molecule has 0 saturated carbocycles. The number of furan rings is 1. The lowest BCUT2D eigenvalue weighted by molar-refractivity contribution is 0.415. The van der Waals surface area contributed by atoms with E-state index in [4.69, 9.17) is 14.9 Å². The zero-order valence-electron chi connectivity index (χ0n) is 11.6. The minimum Gasteiger partial charge on any atom is -0.497 e. The highest BCUT2D eigenvalue weighted by Crippen LogP contribution is 2.21. The molecule has 19 heavy (non-hydrogen) atoms. The fourth-order valence-electron chi connectivity index (χ4n) is 2.03. The van der Waals surface area contributed by atoms with Gasteiger partial charge in [0.05, 0.1) is 13.7 Å². The second-order valence-electron chi connectivity index (χ2n) is 4.55. The Morgan fingerprint density at radius 2 is 1.95 bits per heavy atom. The van der Waals surface area contributed by atoms with Crippen LogP contribution in [0.1, 0.15) is 17.1 Å². The van der Waals surface area contributed by atoms with Gasteiger partial charge >= 0.3 is 0 Å². The molecule has 4 nitrogen and oxygen atoms in total. The first-order chi connectivity index (χ1) is 9.13. The van der Waals surface area contributed by atoms with E-state index in [1.165, 1.54) is 0 Å². The summed E-state index contributed by atoms with van der Waals surface area (Å²) in [5.41, 5.74) is 7.83. The van der Waals surface area contributed by atoms with Crippen molar-refractivity contribution in [1.29, 1.82) is 0 Å². The van der Waals surface area contributed by atoms with Crippen LogP contribution >= 0.6 is 0 Å². The van der Waals surface area contributed by atoms with Crippen molar-refractivity contribution in [3.05, 3.63) is 47.4 Å². The predicted octanol–water partition coefficient (Wildman–Crippen LogP) is 2.69. The lowest BCUT2D eigenvalue weighted by atomic mass is 10.2. The van der Waals surface area contributed by atoms with Crippen LogP contribution in [-0.2, 0) is 13.1 Å². The maximum Gasteiger partial charge on any atom is 0.123 e. The van der Waals surface area contributed by atoms with Crippen LogP contribution < -0.4 is 15.4 Å². The Hall–Kier alpha value is -1.94. The Kier molecular flexibility index (Phi) is 4.12. The van der Waals surface area contributed by atoms with Crippen molar-refractivity contribution >= 4 is 5.69 Å². The van der Waals surface area contributed by atoms with Crippen molar-refractivity contribution in [1.82, 2.24) is 0 Å². The zero-order valence-corrected chi connectivity index (χ0v) is 11.6. The highest BCUT2D eigenvalue weighted by Gasteiger charge is 2.09. The second-order valence-corrected chi connectivity index (χ2v) is 4.55. The number of hydrogen-bond donors (Lipinski definition) is 1. The average molecular weight is 260 g/mol. The quantitative estimate of drug-likeness (QED) is 0.898. The van der Waals surface area contributed by atoms with Gasteiger partial charge in [0.1, 0.15) is 17.3 Å². The fourth-order valence-corrected chi connectivity index (χ4v) is 2.03. The first-order valence-electron chi connectivity index (χ1n) is 6.27. The number of aryl methyl sites for hydroxylation is 1. The summed E-state index contributed by atoms with van der Waals surface area (Å²) < 4.78 is 10.8. The van der Waals surface area contributed by atoms with E-state index in [2.05, 4.69) is 4.90 Å². The molecule has 0 bridgehead atoms. The van der Waals surface area contributed by atoms with Crippen LogP contribution in [0.15, 0.2) is 34.7 Å². The fraction of sp³-hybridized carbons (Fsp3) is 0.333. The Labute approximate surface area is 113 Å². The number of methoxy groups -OCH3 is 1. The van der Waals surface area contributed by atoms with E-state index in [0.29, 0.717) is 13.1 Å². The summed E-state index contributed by atoms with van der Waals surface area (Å²) in [6.07, 6.45) is 0. The Balaban J connectivity index is 2.08. The van der Waals surface area contributed by atoms with Gasteiger partial charge < -0.3 is 19.8 Å². The summed E-state index contributed by atoms with van der Waals surface area (Å²) in [5.74, 6) is 2.69. The Morgan fingerprint density at radius 1 is 1.26 bits per heavy atom. The van der Waals surface area contributed by atoms with Gasteiger partial charge in [0, 0.05) is 24.8 Å². The Bertz CT molecular complexity index is 532. The number of nitrogens with zero attached hydrogens (tertiary/aromatic N) is 1. The van der Waals surface area contributed by atoms with Gasteiger partial charge in [-0.05, 0) is 37.3 Å². The molecule has 0 amide bonds. The topological polar surface area (TPSA) is 51.6 Å². The summed E-state index contributed by atoms with van der Waals surface area (Å²) >= 11 is 0. The zero-order chi connectivity index (χ0) is 13.8. The van der Waals surface area contributed by atoms with E-state index in [1.54, 1.807) is 7.11 Å². The van der Waals surface area contributed by atoms with Crippen LogP contribution in [0.4, 0.5) is 5.69 Å². The summed E-state index contributed by atoms with van der Waals surface area (Å²) in [4.78, 5) is 2.12. The molecule has 1 heterocycles. The second kappa shape index (κ2) is 5.80. The monoisotopic (exact) mass is 260 g/mol. The van der Waals surface area contributed by atoms with Crippen molar-refractivity contribution in [2.24, 2.45) is 5.73 Å². The van der Waals surface area contributed by atoms with E-state index < -0.39 is 0 Å². The van der Waals surface area contributed by atoms with Gasteiger partial charge in [-0.1, -0.05) is 0 Å². The summed E-state index contributed by atoms with van der Waals surface area (Å²) in [5, 5.41) is 0. The van der Waals surface area contributed by atoms with Gasteiger partial charge in [-0.3, -0.25) is 0 Å². The van der Waals surface area contributed by atoms with Gasteiger partial charge in [0.15, 0.2) is 0 Å². The highest BCUT2D eigenvalue weighted by atomic mass is 16.5. The number of ether oxygens (including phenoxy) is 1. The standard InChI is InChI=1S/C15H20N2O2/c1-11-12(9-16)8-15(19-11)10-17(2)13-4-6-14(18-3)7-5-13/h4-8H,9-10,16H2,1-3H3. The van der Waals surface area contributed by atoms with Crippen molar-refractivity contribution in [3.8, 4) is 5.75 Å². The molecule has 0 unspecified atom stereocenters. The van der Waals surface area contributed by atoms with E-state index >= 15 is 0 Å². The predicted molar refractivity (Wildman–Crippen MR) is 76.4 cm³/mol. The van der Waals surface area contributed by atoms with Crippen LogP contribution in [0.3, 0.4) is 0 Å². The van der Waals surface area contributed by atoms with E-state index in [9.17, 15) is 0 Å². The molecule has 0 atom stereocenters. The smallest absolute Gasteiger partial charge is 0.123 e. The molecule has 2 rings (SSSR count). The first-order valence-corrected chi connectivity index (χ1v) is 6.27. The molecule has 2 aromatic rings. The summed E-state index contributed by atoms with van der Waals surface area (Å²) in [6, 6.07) is 9.97. The maximum absolute atomic E-state index is 5.70. The highest BCUT2D eigenvalue weighted by molar-refractivity contribution is 5.48. The molecule has 0 saturated heterocycles. The van der Waals surface area contributed by atoms with Crippen LogP contribution in [0.5, 0.6) is 5.75 Å². The van der Waals surface area contributed by atoms with Gasteiger partial charge in [-0.2, -0.15) is 0 Å². The summed E-state index contributed by atoms with van der Waals surface area (Å²) in [7, 11) is 3.69. The average Bonchev–Trinajstić information content (AvgIpc) is 2.78. The molecule has 4 heteroatoms. The Morgan fingerprint density at radius 3 is 2.47 bits per heavy atom. The van der Waals surface area contributed by atoms with E-state index in [1.807, 2.05) is 44.3 Å². The van der Waals surface area contributed by atoms with Crippen molar-refractivity contribution in [2.45, 2.75) is 20.0 Å². The number of nitrogens with two attached hydrogens (primary N) is 1. The van der Waals surface area contributed by atoms with Crippen LogP contribution in [0, 0.1) is 6.92 Å². The molecule has 1 aromatic heterocycles. The largest absolute Gasteiger partial charge is 0.497 e. The number of rotatable bonds is 5. The molecule has 0 radical (unpaired) electrons. The molecule has 102 valence electrons. The van der Waals surface area contributed by atoms with Gasteiger partial charge in [0.25, 0.3) is 0 Å². The van der Waals surface area contributed by atoms with Crippen LogP contribution in [0.2, 0.25) is 0 Å². The van der Waals surface area contributed by atoms with Gasteiger partial charge in [-0.25, -0.2) is 0 Å². The SMILES string of the molecule is COc1ccc(N(C)Cc2cc(CN)c(C)o2)cc1. The van der Waals surface area contributed by atoms with Crippen molar-refractivity contribution in [2.75, 3.05) is 19.1 Å². The number of anilines is 1. The molecule has 0 aliphatic carbocycles. The van der Waals surface area contributed by atoms with E-state index in [0.717, 1.165) is 28.5 Å². The van der Waals surface area contributed by atoms with E-state index in [-0.39, 0.29) is 0 Å².